The number of carbonyl (C=O) groups excluding carboxylic acids is 2. The molecule has 0 N–H and O–H groups in total. The van der Waals surface area contributed by atoms with Crippen LogP contribution in [0.15, 0.2) is 30.3 Å². The van der Waals surface area contributed by atoms with E-state index < -0.39 is 11.6 Å². The van der Waals surface area contributed by atoms with E-state index in [1.54, 1.807) is 17.0 Å². The van der Waals surface area contributed by atoms with Crippen LogP contribution in [0, 0.1) is 0 Å². The number of hydrogen-bond donors (Lipinski definition) is 0. The monoisotopic (exact) mass is 304 g/mol. The lowest BCUT2D eigenvalue weighted by molar-refractivity contribution is -0.925. The number of amides is 2. The van der Waals surface area contributed by atoms with E-state index in [1.807, 2.05) is 45.9 Å². The number of piperazine rings is 1. The van der Waals surface area contributed by atoms with Gasteiger partial charge < -0.3 is 14.8 Å². The zero-order chi connectivity index (χ0) is 16.5. The van der Waals surface area contributed by atoms with Gasteiger partial charge in [0.05, 0.1) is 18.1 Å². The summed E-state index contributed by atoms with van der Waals surface area (Å²) in [5, 5.41) is 11.8. The van der Waals surface area contributed by atoms with Crippen molar-refractivity contribution in [1.82, 2.24) is 4.90 Å². The minimum atomic E-state index is -1.06. The second kappa shape index (κ2) is 5.72. The second-order valence-electron chi connectivity index (χ2n) is 7.02. The highest BCUT2D eigenvalue weighted by molar-refractivity contribution is 5.94. The first-order valence-electron chi connectivity index (χ1n) is 7.64. The summed E-state index contributed by atoms with van der Waals surface area (Å²) < 4.78 is -0.118. The lowest BCUT2D eigenvalue weighted by Gasteiger charge is -2.54. The van der Waals surface area contributed by atoms with Crippen LogP contribution in [0.3, 0.4) is 0 Å². The van der Waals surface area contributed by atoms with Gasteiger partial charge in [-0.25, -0.2) is 0 Å². The van der Waals surface area contributed by atoms with Crippen molar-refractivity contribution in [3.05, 3.63) is 35.9 Å². The summed E-state index contributed by atoms with van der Waals surface area (Å²) in [7, 11) is 0. The number of nitrogens with zero attached hydrogens (tertiary/aromatic N) is 2. The molecule has 22 heavy (non-hydrogen) atoms. The molecule has 5 nitrogen and oxygen atoms in total. The predicted molar refractivity (Wildman–Crippen MR) is 82.1 cm³/mol. The standard InChI is InChI=1S/C17H24N2O3/c1-13-12-19(16(21)22,17(2,3)4)11-10-18(13)15(20)14-8-6-5-7-9-14/h5-9,13H,10-12H2,1-4H3/t13-,19?/m1/s1. The van der Waals surface area contributed by atoms with Gasteiger partial charge in [0.2, 0.25) is 0 Å². The Bertz CT molecular complexity index is 565. The summed E-state index contributed by atoms with van der Waals surface area (Å²) in [5.74, 6) is -0.0434. The fourth-order valence-corrected chi connectivity index (χ4v) is 3.24. The molecule has 0 saturated carbocycles. The molecule has 2 amide bonds. The van der Waals surface area contributed by atoms with Crippen LogP contribution in [0.1, 0.15) is 38.1 Å². The maximum Gasteiger partial charge on any atom is 0.257 e. The smallest absolute Gasteiger partial charge is 0.257 e. The third kappa shape index (κ3) is 2.73. The van der Waals surface area contributed by atoms with Crippen molar-refractivity contribution in [2.45, 2.75) is 39.3 Å². The molecule has 1 aromatic carbocycles. The minimum Gasteiger partial charge on any atom is -0.498 e. The van der Waals surface area contributed by atoms with Crippen LogP contribution >= 0.6 is 0 Å². The van der Waals surface area contributed by atoms with Gasteiger partial charge in [-0.15, -0.1) is 0 Å². The molecule has 1 saturated heterocycles. The summed E-state index contributed by atoms with van der Waals surface area (Å²) >= 11 is 0. The molecule has 1 aliphatic rings. The molecule has 2 rings (SSSR count). The van der Waals surface area contributed by atoms with E-state index in [4.69, 9.17) is 0 Å². The summed E-state index contributed by atoms with van der Waals surface area (Å²) in [5.41, 5.74) is 0.174. The van der Waals surface area contributed by atoms with Crippen molar-refractivity contribution in [2.24, 2.45) is 0 Å². The Balaban J connectivity index is 2.23. The normalized spacial score (nSPS) is 25.8. The molecule has 2 atom stereocenters. The molecule has 0 spiro atoms. The van der Waals surface area contributed by atoms with E-state index in [1.165, 1.54) is 0 Å². The maximum absolute atomic E-state index is 12.6. The maximum atomic E-state index is 12.6. The van der Waals surface area contributed by atoms with E-state index >= 15 is 0 Å². The molecule has 5 heteroatoms. The lowest BCUT2D eigenvalue weighted by atomic mass is 9.97. The number of rotatable bonds is 1. The first-order chi connectivity index (χ1) is 10.2. The first-order valence-corrected chi connectivity index (χ1v) is 7.64. The molecule has 1 aliphatic heterocycles. The van der Waals surface area contributed by atoms with E-state index in [0.717, 1.165) is 0 Å². The van der Waals surface area contributed by atoms with Crippen molar-refractivity contribution < 1.29 is 19.2 Å². The molecule has 1 fully saturated rings. The molecule has 0 aliphatic carbocycles. The third-order valence-electron chi connectivity index (χ3n) is 4.75. The minimum absolute atomic E-state index is 0.0434. The van der Waals surface area contributed by atoms with Crippen LogP contribution in [-0.2, 0) is 0 Å². The van der Waals surface area contributed by atoms with Crippen LogP contribution in [0.2, 0.25) is 0 Å². The first kappa shape index (κ1) is 16.5. The van der Waals surface area contributed by atoms with Crippen LogP contribution < -0.4 is 5.11 Å². The zero-order valence-electron chi connectivity index (χ0n) is 13.7. The lowest BCUT2D eigenvalue weighted by Crippen LogP contribution is -2.75. The van der Waals surface area contributed by atoms with Gasteiger partial charge in [0, 0.05) is 5.56 Å². The Labute approximate surface area is 131 Å². The third-order valence-corrected chi connectivity index (χ3v) is 4.75. The summed E-state index contributed by atoms with van der Waals surface area (Å²) in [4.78, 5) is 26.1. The molecule has 0 aromatic heterocycles. The van der Waals surface area contributed by atoms with Crippen molar-refractivity contribution in [1.29, 1.82) is 0 Å². The Morgan fingerprint density at radius 3 is 2.27 bits per heavy atom. The number of carbonyl (C=O) groups is 2. The number of hydrogen-bond acceptors (Lipinski definition) is 3. The highest BCUT2D eigenvalue weighted by Crippen LogP contribution is 2.29. The van der Waals surface area contributed by atoms with Crippen molar-refractivity contribution in [3.63, 3.8) is 0 Å². The van der Waals surface area contributed by atoms with Crippen molar-refractivity contribution in [3.8, 4) is 0 Å². The van der Waals surface area contributed by atoms with Gasteiger partial charge in [-0.1, -0.05) is 18.2 Å². The highest BCUT2D eigenvalue weighted by Gasteiger charge is 2.48. The Morgan fingerprint density at radius 2 is 1.82 bits per heavy atom. The molecular formula is C17H24N2O3. The molecule has 0 bridgehead atoms. The average molecular weight is 304 g/mol. The summed E-state index contributed by atoms with van der Waals surface area (Å²) in [6.07, 6.45) is -1.06. The molecule has 1 unspecified atom stereocenters. The van der Waals surface area contributed by atoms with Gasteiger partial charge in [-0.2, -0.15) is 0 Å². The number of carboxylic acid groups (broad SMARTS) is 1. The summed E-state index contributed by atoms with van der Waals surface area (Å²) in [6, 6.07) is 8.95. The highest BCUT2D eigenvalue weighted by atomic mass is 16.4. The Kier molecular flexibility index (Phi) is 4.29. The Hall–Kier alpha value is -1.88. The van der Waals surface area contributed by atoms with Crippen LogP contribution in [0.5, 0.6) is 0 Å². The van der Waals surface area contributed by atoms with Gasteiger partial charge in [0.15, 0.2) is 0 Å². The fourth-order valence-electron chi connectivity index (χ4n) is 3.24. The van der Waals surface area contributed by atoms with Crippen LogP contribution in [-0.4, -0.2) is 52.6 Å². The quantitative estimate of drug-likeness (QED) is 0.739. The Morgan fingerprint density at radius 1 is 1.23 bits per heavy atom. The SMILES string of the molecule is C[C@@H]1C[N+](C(=O)[O-])(C(C)(C)C)CCN1C(=O)c1ccccc1. The number of quaternary nitrogens is 1. The van der Waals surface area contributed by atoms with Gasteiger partial charge in [-0.05, 0) is 39.8 Å². The van der Waals surface area contributed by atoms with Gasteiger partial charge in [-0.3, -0.25) is 9.28 Å². The van der Waals surface area contributed by atoms with Crippen LogP contribution in [0.25, 0.3) is 0 Å². The largest absolute Gasteiger partial charge is 0.498 e. The van der Waals surface area contributed by atoms with E-state index in [2.05, 4.69) is 0 Å². The van der Waals surface area contributed by atoms with Crippen molar-refractivity contribution in [2.75, 3.05) is 19.6 Å². The predicted octanol–water partition coefficient (Wildman–Crippen LogP) is 1.49. The van der Waals surface area contributed by atoms with E-state index in [9.17, 15) is 14.7 Å². The molecule has 1 aromatic rings. The molecule has 120 valence electrons. The fraction of sp³-hybridized carbons (Fsp3) is 0.529. The topological polar surface area (TPSA) is 60.4 Å². The van der Waals surface area contributed by atoms with Crippen molar-refractivity contribution >= 4 is 12.0 Å². The van der Waals surface area contributed by atoms with E-state index in [-0.39, 0.29) is 16.4 Å². The van der Waals surface area contributed by atoms with Crippen LogP contribution in [0.4, 0.5) is 4.79 Å². The number of benzene rings is 1. The molecule has 1 heterocycles. The summed E-state index contributed by atoms with van der Waals surface area (Å²) in [6.45, 7) is 8.78. The zero-order valence-corrected chi connectivity index (χ0v) is 13.7. The van der Waals surface area contributed by atoms with E-state index in [0.29, 0.717) is 25.2 Å². The van der Waals surface area contributed by atoms with Gasteiger partial charge in [0.25, 0.3) is 12.0 Å². The van der Waals surface area contributed by atoms with Gasteiger partial charge >= 0.3 is 0 Å². The van der Waals surface area contributed by atoms with Gasteiger partial charge in [0.1, 0.15) is 13.1 Å². The molecular weight excluding hydrogens is 280 g/mol. The second-order valence-corrected chi connectivity index (χ2v) is 7.02. The average Bonchev–Trinajstić information content (AvgIpc) is 2.46. The molecule has 0 radical (unpaired) electrons.